The molecule has 0 unspecified atom stereocenters. The van der Waals surface area contributed by atoms with E-state index in [4.69, 9.17) is 23.2 Å². The van der Waals surface area contributed by atoms with Gasteiger partial charge in [0.15, 0.2) is 0 Å². The largest absolute Gasteiger partial charge is 0.268 e. The van der Waals surface area contributed by atoms with Crippen molar-refractivity contribution in [2.45, 2.75) is 6.54 Å². The van der Waals surface area contributed by atoms with Crippen molar-refractivity contribution in [3.63, 3.8) is 0 Å². The van der Waals surface area contributed by atoms with Crippen LogP contribution in [0.4, 0.5) is 0 Å². The van der Waals surface area contributed by atoms with E-state index in [-0.39, 0.29) is 12.1 Å². The third-order valence-electron chi connectivity index (χ3n) is 4.25. The molecule has 0 saturated heterocycles. The fourth-order valence-electron chi connectivity index (χ4n) is 2.88. The first-order valence-electron chi connectivity index (χ1n) is 8.11. The lowest BCUT2D eigenvalue weighted by molar-refractivity contribution is 0.643. The number of aromatic nitrogens is 2. The Hall–Kier alpha value is -2.62. The van der Waals surface area contributed by atoms with Gasteiger partial charge in [0.1, 0.15) is 0 Å². The average molecular weight is 381 g/mol. The van der Waals surface area contributed by atoms with Crippen LogP contribution >= 0.6 is 23.2 Å². The van der Waals surface area contributed by atoms with Gasteiger partial charge in [-0.25, -0.2) is 4.68 Å². The number of hydrogen-bond donors (Lipinski definition) is 0. The van der Waals surface area contributed by atoms with Gasteiger partial charge in [-0.1, -0.05) is 65.7 Å². The second kappa shape index (κ2) is 6.94. The molecular formula is C21H14Cl2N2O. The zero-order chi connectivity index (χ0) is 18.1. The number of fused-ring (bicyclic) bond motifs is 1. The highest BCUT2D eigenvalue weighted by molar-refractivity contribution is 6.35. The minimum atomic E-state index is -0.180. The molecule has 26 heavy (non-hydrogen) atoms. The molecule has 0 saturated carbocycles. The van der Waals surface area contributed by atoms with Gasteiger partial charge in [-0.15, -0.1) is 0 Å². The van der Waals surface area contributed by atoms with E-state index in [1.165, 1.54) is 10.7 Å². The Morgan fingerprint density at radius 3 is 2.46 bits per heavy atom. The van der Waals surface area contributed by atoms with Gasteiger partial charge < -0.3 is 0 Å². The lowest BCUT2D eigenvalue weighted by Crippen LogP contribution is -2.23. The van der Waals surface area contributed by atoms with E-state index >= 15 is 0 Å². The van der Waals surface area contributed by atoms with E-state index in [9.17, 15) is 4.79 Å². The first-order valence-corrected chi connectivity index (χ1v) is 8.87. The normalized spacial score (nSPS) is 11.0. The lowest BCUT2D eigenvalue weighted by Gasteiger charge is -2.09. The standard InChI is InChI=1S/C21H14Cl2N2O/c22-18-8-7-17(19(23)12-18)13-25-21(26)10-9-20(24-25)16-6-5-14-3-1-2-4-15(14)11-16/h1-12H,13H2. The summed E-state index contributed by atoms with van der Waals surface area (Å²) in [5.41, 5.74) is 2.31. The molecule has 1 aromatic heterocycles. The smallest absolute Gasteiger partial charge is 0.267 e. The quantitative estimate of drug-likeness (QED) is 0.475. The van der Waals surface area contributed by atoms with Crippen LogP contribution in [0.1, 0.15) is 5.56 Å². The first kappa shape index (κ1) is 16.8. The van der Waals surface area contributed by atoms with Gasteiger partial charge in [0, 0.05) is 21.7 Å². The predicted molar refractivity (Wildman–Crippen MR) is 107 cm³/mol. The molecule has 0 aliphatic rings. The molecule has 0 spiro atoms. The summed E-state index contributed by atoms with van der Waals surface area (Å²) in [6.45, 7) is 0.288. The lowest BCUT2D eigenvalue weighted by atomic mass is 10.1. The number of nitrogens with zero attached hydrogens (tertiary/aromatic N) is 2. The van der Waals surface area contributed by atoms with Gasteiger partial charge in [-0.2, -0.15) is 5.10 Å². The minimum Gasteiger partial charge on any atom is -0.268 e. The molecule has 0 bridgehead atoms. The molecule has 4 rings (SSSR count). The van der Waals surface area contributed by atoms with Crippen molar-refractivity contribution in [2.75, 3.05) is 0 Å². The van der Waals surface area contributed by atoms with Gasteiger partial charge in [0.25, 0.3) is 5.56 Å². The monoisotopic (exact) mass is 380 g/mol. The maximum Gasteiger partial charge on any atom is 0.267 e. The molecule has 1 heterocycles. The Morgan fingerprint density at radius 1 is 0.846 bits per heavy atom. The second-order valence-electron chi connectivity index (χ2n) is 6.01. The summed E-state index contributed by atoms with van der Waals surface area (Å²) in [5, 5.41) is 7.89. The van der Waals surface area contributed by atoms with Crippen molar-refractivity contribution in [3.8, 4) is 11.3 Å². The number of rotatable bonds is 3. The van der Waals surface area contributed by atoms with E-state index in [2.05, 4.69) is 29.4 Å². The Labute approximate surface area is 160 Å². The molecule has 3 nitrogen and oxygen atoms in total. The molecule has 5 heteroatoms. The topological polar surface area (TPSA) is 34.9 Å². The van der Waals surface area contributed by atoms with Gasteiger partial charge in [-0.05, 0) is 40.6 Å². The zero-order valence-electron chi connectivity index (χ0n) is 13.7. The van der Waals surface area contributed by atoms with Crippen LogP contribution in [0.15, 0.2) is 77.6 Å². The van der Waals surface area contributed by atoms with Crippen molar-refractivity contribution in [1.29, 1.82) is 0 Å². The van der Waals surface area contributed by atoms with Crippen LogP contribution in [-0.2, 0) is 6.54 Å². The summed E-state index contributed by atoms with van der Waals surface area (Å²) < 4.78 is 1.42. The predicted octanol–water partition coefficient (Wildman–Crippen LogP) is 5.42. The van der Waals surface area contributed by atoms with E-state index in [1.54, 1.807) is 18.2 Å². The van der Waals surface area contributed by atoms with Crippen LogP contribution in [0.5, 0.6) is 0 Å². The highest BCUT2D eigenvalue weighted by Crippen LogP contribution is 2.23. The van der Waals surface area contributed by atoms with Crippen LogP contribution < -0.4 is 5.56 Å². The molecule has 0 N–H and O–H groups in total. The van der Waals surface area contributed by atoms with Gasteiger partial charge >= 0.3 is 0 Å². The van der Waals surface area contributed by atoms with Gasteiger partial charge in [-0.3, -0.25) is 4.79 Å². The van der Waals surface area contributed by atoms with Crippen LogP contribution in [-0.4, -0.2) is 9.78 Å². The Kier molecular flexibility index (Phi) is 4.49. The summed E-state index contributed by atoms with van der Waals surface area (Å²) in [6, 6.07) is 22.8. The summed E-state index contributed by atoms with van der Waals surface area (Å²) >= 11 is 12.2. The zero-order valence-corrected chi connectivity index (χ0v) is 15.2. The van der Waals surface area contributed by atoms with Gasteiger partial charge in [0.05, 0.1) is 12.2 Å². The van der Waals surface area contributed by atoms with Crippen molar-refractivity contribution >= 4 is 34.0 Å². The highest BCUT2D eigenvalue weighted by Gasteiger charge is 2.08. The van der Waals surface area contributed by atoms with Crippen molar-refractivity contribution in [1.82, 2.24) is 9.78 Å². The average Bonchev–Trinajstić information content (AvgIpc) is 2.65. The molecule has 3 aromatic carbocycles. The summed E-state index contributed by atoms with van der Waals surface area (Å²) in [5.74, 6) is 0. The molecule has 128 valence electrons. The Balaban J connectivity index is 1.74. The number of halogens is 2. The molecule has 0 atom stereocenters. The van der Waals surface area contributed by atoms with Crippen LogP contribution in [0.3, 0.4) is 0 Å². The SMILES string of the molecule is O=c1ccc(-c2ccc3ccccc3c2)nn1Cc1ccc(Cl)cc1Cl. The van der Waals surface area contributed by atoms with Crippen LogP contribution in [0.25, 0.3) is 22.0 Å². The maximum atomic E-state index is 12.2. The summed E-state index contributed by atoms with van der Waals surface area (Å²) in [7, 11) is 0. The number of benzene rings is 3. The summed E-state index contributed by atoms with van der Waals surface area (Å²) in [6.07, 6.45) is 0. The van der Waals surface area contributed by atoms with E-state index in [1.807, 2.05) is 24.3 Å². The van der Waals surface area contributed by atoms with Gasteiger partial charge in [0.2, 0.25) is 0 Å². The Bertz CT molecular complexity index is 1170. The molecule has 0 aliphatic heterocycles. The van der Waals surface area contributed by atoms with Crippen molar-refractivity contribution < 1.29 is 0 Å². The maximum absolute atomic E-state index is 12.2. The summed E-state index contributed by atoms with van der Waals surface area (Å²) in [4.78, 5) is 12.2. The first-order chi connectivity index (χ1) is 12.6. The molecule has 4 aromatic rings. The third-order valence-corrected chi connectivity index (χ3v) is 4.83. The minimum absolute atomic E-state index is 0.180. The highest BCUT2D eigenvalue weighted by atomic mass is 35.5. The fourth-order valence-corrected chi connectivity index (χ4v) is 3.34. The van der Waals surface area contributed by atoms with Crippen molar-refractivity contribution in [2.24, 2.45) is 0 Å². The number of hydrogen-bond acceptors (Lipinski definition) is 2. The van der Waals surface area contributed by atoms with E-state index in [0.29, 0.717) is 10.0 Å². The molecule has 0 radical (unpaired) electrons. The third kappa shape index (κ3) is 3.36. The van der Waals surface area contributed by atoms with E-state index < -0.39 is 0 Å². The van der Waals surface area contributed by atoms with Crippen LogP contribution in [0, 0.1) is 0 Å². The Morgan fingerprint density at radius 2 is 1.65 bits per heavy atom. The second-order valence-corrected chi connectivity index (χ2v) is 6.86. The molecular weight excluding hydrogens is 367 g/mol. The van der Waals surface area contributed by atoms with Crippen molar-refractivity contribution in [3.05, 3.63) is 98.8 Å². The molecule has 0 amide bonds. The van der Waals surface area contributed by atoms with Crippen LogP contribution in [0.2, 0.25) is 10.0 Å². The molecule has 0 aliphatic carbocycles. The fraction of sp³-hybridized carbons (Fsp3) is 0.0476. The molecule has 0 fully saturated rings. The van der Waals surface area contributed by atoms with E-state index in [0.717, 1.165) is 27.6 Å².